The maximum absolute atomic E-state index is 11.9. The number of carbonyl (C=O) groups excluding carboxylic acids is 1. The van der Waals surface area contributed by atoms with Gasteiger partial charge >= 0.3 is 0 Å². The second-order valence-electron chi connectivity index (χ2n) is 5.23. The number of rotatable bonds is 3. The topological polar surface area (TPSA) is 52.9 Å². The lowest BCUT2D eigenvalue weighted by Gasteiger charge is -2.12. The third-order valence-corrected chi connectivity index (χ3v) is 3.38. The predicted octanol–water partition coefficient (Wildman–Crippen LogP) is 2.41. The fourth-order valence-electron chi connectivity index (χ4n) is 1.99. The number of hydrogen-bond donors (Lipinski definition) is 1. The standard InChI is InChI=1S/C14H16N2O/c1-14(2)8-11(14)13(17)16-12(9-15)10-6-4-3-5-7-10/h3-7,11-12H,8H2,1-2H3,(H,16,17). The molecule has 3 heteroatoms. The van der Waals surface area contributed by atoms with Crippen LogP contribution in [0.25, 0.3) is 0 Å². The SMILES string of the molecule is CC1(C)CC1C(=O)NC(C#N)c1ccccc1. The van der Waals surface area contributed by atoms with Crippen molar-refractivity contribution in [3.05, 3.63) is 35.9 Å². The van der Waals surface area contributed by atoms with E-state index < -0.39 is 6.04 Å². The number of hydrogen-bond acceptors (Lipinski definition) is 2. The van der Waals surface area contributed by atoms with E-state index in [4.69, 9.17) is 5.26 Å². The summed E-state index contributed by atoms with van der Waals surface area (Å²) in [4.78, 5) is 11.9. The van der Waals surface area contributed by atoms with E-state index in [0.717, 1.165) is 12.0 Å². The minimum Gasteiger partial charge on any atom is -0.336 e. The van der Waals surface area contributed by atoms with E-state index in [2.05, 4.69) is 25.2 Å². The first-order chi connectivity index (χ1) is 8.04. The normalized spacial score (nSPS) is 22.3. The molecular formula is C14H16N2O. The number of benzene rings is 1. The van der Waals surface area contributed by atoms with Crippen LogP contribution in [0.3, 0.4) is 0 Å². The van der Waals surface area contributed by atoms with Crippen molar-refractivity contribution in [1.29, 1.82) is 5.26 Å². The van der Waals surface area contributed by atoms with Crippen LogP contribution in [0.1, 0.15) is 31.9 Å². The molecule has 1 amide bonds. The van der Waals surface area contributed by atoms with Gasteiger partial charge in [0.2, 0.25) is 5.91 Å². The van der Waals surface area contributed by atoms with Crippen LogP contribution in [0.2, 0.25) is 0 Å². The van der Waals surface area contributed by atoms with E-state index in [-0.39, 0.29) is 17.2 Å². The van der Waals surface area contributed by atoms with Crippen LogP contribution in [0.4, 0.5) is 0 Å². The molecule has 2 unspecified atom stereocenters. The molecule has 1 aromatic rings. The molecule has 3 nitrogen and oxygen atoms in total. The Hall–Kier alpha value is -1.82. The predicted molar refractivity (Wildman–Crippen MR) is 64.8 cm³/mol. The Bertz CT molecular complexity index is 459. The molecule has 0 heterocycles. The Morgan fingerprint density at radius 1 is 1.47 bits per heavy atom. The largest absolute Gasteiger partial charge is 0.336 e. The molecule has 2 rings (SSSR count). The van der Waals surface area contributed by atoms with Gasteiger partial charge < -0.3 is 5.32 Å². The second-order valence-corrected chi connectivity index (χ2v) is 5.23. The highest BCUT2D eigenvalue weighted by Crippen LogP contribution is 2.51. The Kier molecular flexibility index (Phi) is 2.89. The summed E-state index contributed by atoms with van der Waals surface area (Å²) < 4.78 is 0. The van der Waals surface area contributed by atoms with Gasteiger partial charge in [-0.25, -0.2) is 0 Å². The highest BCUT2D eigenvalue weighted by Gasteiger charge is 2.50. The lowest BCUT2D eigenvalue weighted by molar-refractivity contribution is -0.123. The molecule has 0 saturated heterocycles. The number of amides is 1. The lowest BCUT2D eigenvalue weighted by Crippen LogP contribution is -2.30. The summed E-state index contributed by atoms with van der Waals surface area (Å²) in [6, 6.07) is 10.9. The van der Waals surface area contributed by atoms with Gasteiger partial charge in [-0.15, -0.1) is 0 Å². The number of nitriles is 1. The van der Waals surface area contributed by atoms with Gasteiger partial charge in [0.1, 0.15) is 6.04 Å². The van der Waals surface area contributed by atoms with Gasteiger partial charge in [0.15, 0.2) is 0 Å². The smallest absolute Gasteiger partial charge is 0.224 e. The fourth-order valence-corrected chi connectivity index (χ4v) is 1.99. The Morgan fingerprint density at radius 3 is 2.53 bits per heavy atom. The van der Waals surface area contributed by atoms with Crippen molar-refractivity contribution >= 4 is 5.91 Å². The van der Waals surface area contributed by atoms with E-state index in [1.807, 2.05) is 30.3 Å². The molecule has 1 aliphatic rings. The molecular weight excluding hydrogens is 212 g/mol. The number of nitrogens with one attached hydrogen (secondary N) is 1. The third-order valence-electron chi connectivity index (χ3n) is 3.38. The molecule has 0 radical (unpaired) electrons. The van der Waals surface area contributed by atoms with E-state index in [1.54, 1.807) is 0 Å². The third kappa shape index (κ3) is 2.47. The summed E-state index contributed by atoms with van der Waals surface area (Å²) in [6.07, 6.45) is 0.909. The molecule has 0 aromatic heterocycles. The summed E-state index contributed by atoms with van der Waals surface area (Å²) in [7, 11) is 0. The molecule has 0 aliphatic heterocycles. The van der Waals surface area contributed by atoms with Gasteiger partial charge in [0, 0.05) is 5.92 Å². The van der Waals surface area contributed by atoms with E-state index in [9.17, 15) is 4.79 Å². The summed E-state index contributed by atoms with van der Waals surface area (Å²) in [5, 5.41) is 11.9. The summed E-state index contributed by atoms with van der Waals surface area (Å²) in [5.41, 5.74) is 0.933. The Balaban J connectivity index is 2.03. The molecule has 0 spiro atoms. The first-order valence-electron chi connectivity index (χ1n) is 5.79. The van der Waals surface area contributed by atoms with Crippen molar-refractivity contribution < 1.29 is 4.79 Å². The Morgan fingerprint density at radius 2 is 2.06 bits per heavy atom. The summed E-state index contributed by atoms with van der Waals surface area (Å²) >= 11 is 0. The van der Waals surface area contributed by atoms with Gasteiger partial charge in [-0.1, -0.05) is 44.2 Å². The fraction of sp³-hybridized carbons (Fsp3) is 0.429. The van der Waals surface area contributed by atoms with Gasteiger partial charge in [-0.05, 0) is 17.4 Å². The quantitative estimate of drug-likeness (QED) is 0.863. The Labute approximate surface area is 101 Å². The molecule has 1 aliphatic carbocycles. The molecule has 1 N–H and O–H groups in total. The lowest BCUT2D eigenvalue weighted by atomic mass is 10.1. The van der Waals surface area contributed by atoms with E-state index in [1.165, 1.54) is 0 Å². The van der Waals surface area contributed by atoms with Crippen molar-refractivity contribution in [2.24, 2.45) is 11.3 Å². The van der Waals surface area contributed by atoms with Crippen LogP contribution in [0, 0.1) is 22.7 Å². The average molecular weight is 228 g/mol. The molecule has 88 valence electrons. The van der Waals surface area contributed by atoms with E-state index in [0.29, 0.717) is 0 Å². The minimum atomic E-state index is -0.542. The van der Waals surface area contributed by atoms with Crippen molar-refractivity contribution in [3.63, 3.8) is 0 Å². The van der Waals surface area contributed by atoms with Gasteiger partial charge in [-0.2, -0.15) is 5.26 Å². The van der Waals surface area contributed by atoms with Crippen molar-refractivity contribution in [2.45, 2.75) is 26.3 Å². The zero-order valence-electron chi connectivity index (χ0n) is 10.1. The van der Waals surface area contributed by atoms with Crippen LogP contribution in [-0.4, -0.2) is 5.91 Å². The maximum atomic E-state index is 11.9. The van der Waals surface area contributed by atoms with Crippen molar-refractivity contribution in [2.75, 3.05) is 0 Å². The van der Waals surface area contributed by atoms with Crippen LogP contribution in [0.15, 0.2) is 30.3 Å². The zero-order chi connectivity index (χ0) is 12.5. The van der Waals surface area contributed by atoms with Crippen LogP contribution in [-0.2, 0) is 4.79 Å². The molecule has 17 heavy (non-hydrogen) atoms. The first kappa shape index (κ1) is 11.7. The monoisotopic (exact) mass is 228 g/mol. The molecule has 1 aromatic carbocycles. The van der Waals surface area contributed by atoms with Crippen molar-refractivity contribution in [3.8, 4) is 6.07 Å². The van der Waals surface area contributed by atoms with Crippen molar-refractivity contribution in [1.82, 2.24) is 5.32 Å². The zero-order valence-corrected chi connectivity index (χ0v) is 10.1. The first-order valence-corrected chi connectivity index (χ1v) is 5.79. The van der Waals surface area contributed by atoms with E-state index >= 15 is 0 Å². The number of carbonyl (C=O) groups is 1. The summed E-state index contributed by atoms with van der Waals surface area (Å²) in [6.45, 7) is 4.14. The summed E-state index contributed by atoms with van der Waals surface area (Å²) in [5.74, 6) is 0.0486. The molecule has 0 bridgehead atoms. The highest BCUT2D eigenvalue weighted by atomic mass is 16.2. The highest BCUT2D eigenvalue weighted by molar-refractivity contribution is 5.83. The molecule has 1 saturated carbocycles. The minimum absolute atomic E-state index is 0.00889. The second kappa shape index (κ2) is 4.21. The van der Waals surface area contributed by atoms with Gasteiger partial charge in [0.05, 0.1) is 6.07 Å². The van der Waals surface area contributed by atoms with Crippen LogP contribution in [0.5, 0.6) is 0 Å². The van der Waals surface area contributed by atoms with Gasteiger partial charge in [-0.3, -0.25) is 4.79 Å². The maximum Gasteiger partial charge on any atom is 0.224 e. The molecule has 1 fully saturated rings. The molecule has 2 atom stereocenters. The van der Waals surface area contributed by atoms with Crippen LogP contribution >= 0.6 is 0 Å². The number of nitrogens with zero attached hydrogens (tertiary/aromatic N) is 1. The van der Waals surface area contributed by atoms with Crippen LogP contribution < -0.4 is 5.32 Å². The average Bonchev–Trinajstić information content (AvgIpc) is 2.96. The van der Waals surface area contributed by atoms with Gasteiger partial charge in [0.25, 0.3) is 0 Å².